The zero-order valence-corrected chi connectivity index (χ0v) is 16.5. The maximum atomic E-state index is 5.95. The molecule has 0 amide bonds. The Morgan fingerprint density at radius 1 is 0.926 bits per heavy atom. The monoisotopic (exact) mass is 441 g/mol. The first-order chi connectivity index (χ1) is 13.2. The lowest BCUT2D eigenvalue weighted by Gasteiger charge is -2.07. The third-order valence-corrected chi connectivity index (χ3v) is 4.91. The molecular formula is C20H13BrClN3O2. The number of hydrogen-bond acceptors (Lipinski definition) is 5. The Morgan fingerprint density at radius 3 is 2.44 bits per heavy atom. The molecule has 134 valence electrons. The van der Waals surface area contributed by atoms with Crippen LogP contribution in [0.2, 0.25) is 5.02 Å². The lowest BCUT2D eigenvalue weighted by Crippen LogP contribution is -1.95. The van der Waals surface area contributed by atoms with E-state index in [1.165, 1.54) is 0 Å². The second kappa shape index (κ2) is 7.50. The van der Waals surface area contributed by atoms with E-state index in [1.54, 1.807) is 7.11 Å². The van der Waals surface area contributed by atoms with Crippen LogP contribution in [0.15, 0.2) is 69.7 Å². The van der Waals surface area contributed by atoms with Crippen LogP contribution in [0.5, 0.6) is 5.88 Å². The third-order valence-electron chi connectivity index (χ3n) is 3.96. The van der Waals surface area contributed by atoms with E-state index >= 15 is 0 Å². The first-order valence-electron chi connectivity index (χ1n) is 8.05. The van der Waals surface area contributed by atoms with Gasteiger partial charge in [-0.1, -0.05) is 41.0 Å². The van der Waals surface area contributed by atoms with Gasteiger partial charge in [0.1, 0.15) is 0 Å². The van der Waals surface area contributed by atoms with E-state index in [4.69, 9.17) is 20.9 Å². The Kier molecular flexibility index (Phi) is 4.92. The van der Waals surface area contributed by atoms with Crippen LogP contribution in [0.25, 0.3) is 34.1 Å². The van der Waals surface area contributed by atoms with E-state index in [0.29, 0.717) is 28.2 Å². The number of aromatic nitrogens is 3. The lowest BCUT2D eigenvalue weighted by molar-refractivity contribution is 0.398. The fourth-order valence-corrected chi connectivity index (χ4v) is 3.20. The fourth-order valence-electron chi connectivity index (χ4n) is 2.62. The highest BCUT2D eigenvalue weighted by Crippen LogP contribution is 2.32. The summed E-state index contributed by atoms with van der Waals surface area (Å²) in [5, 5.41) is 4.76. The highest BCUT2D eigenvalue weighted by atomic mass is 79.9. The molecule has 0 saturated carbocycles. The van der Waals surface area contributed by atoms with Gasteiger partial charge in [0.2, 0.25) is 11.7 Å². The van der Waals surface area contributed by atoms with Crippen LogP contribution in [-0.4, -0.2) is 22.2 Å². The summed E-state index contributed by atoms with van der Waals surface area (Å²) < 4.78 is 11.8. The molecule has 4 aromatic rings. The van der Waals surface area contributed by atoms with Gasteiger partial charge in [-0.2, -0.15) is 4.98 Å². The Labute approximate surface area is 169 Å². The van der Waals surface area contributed by atoms with Crippen molar-refractivity contribution in [2.24, 2.45) is 0 Å². The van der Waals surface area contributed by atoms with Crippen LogP contribution in [0.3, 0.4) is 0 Å². The van der Waals surface area contributed by atoms with Crippen molar-refractivity contribution in [1.82, 2.24) is 15.1 Å². The minimum atomic E-state index is 0.410. The summed E-state index contributed by atoms with van der Waals surface area (Å²) in [5.41, 5.74) is 3.17. The standard InChI is InChI=1S/C20H13BrClN3O2/c1-26-19-15(10-11-17(23-19)12-6-8-13(22)9-7-12)18-24-20(27-25-18)14-4-2-3-5-16(14)21/h2-11H,1H3. The highest BCUT2D eigenvalue weighted by molar-refractivity contribution is 9.10. The van der Waals surface area contributed by atoms with Gasteiger partial charge in [-0.15, -0.1) is 0 Å². The molecule has 0 aliphatic rings. The van der Waals surface area contributed by atoms with Crippen molar-refractivity contribution in [2.75, 3.05) is 7.11 Å². The molecule has 0 N–H and O–H groups in total. The molecule has 0 unspecified atom stereocenters. The SMILES string of the molecule is COc1nc(-c2ccc(Cl)cc2)ccc1-c1noc(-c2ccccc2Br)n1. The largest absolute Gasteiger partial charge is 0.480 e. The van der Waals surface area contributed by atoms with Crippen LogP contribution in [0.4, 0.5) is 0 Å². The van der Waals surface area contributed by atoms with Crippen LogP contribution in [0.1, 0.15) is 0 Å². The summed E-state index contributed by atoms with van der Waals surface area (Å²) in [6, 6.07) is 18.9. The number of nitrogens with zero attached hydrogens (tertiary/aromatic N) is 3. The van der Waals surface area contributed by atoms with Crippen molar-refractivity contribution in [3.63, 3.8) is 0 Å². The Hall–Kier alpha value is -2.70. The number of pyridine rings is 1. The molecule has 4 rings (SSSR count). The lowest BCUT2D eigenvalue weighted by atomic mass is 10.1. The molecule has 5 nitrogen and oxygen atoms in total. The van der Waals surface area contributed by atoms with Crippen molar-refractivity contribution >= 4 is 27.5 Å². The molecule has 0 spiro atoms. The summed E-state index contributed by atoms with van der Waals surface area (Å²) in [6.45, 7) is 0. The van der Waals surface area contributed by atoms with E-state index in [2.05, 4.69) is 31.1 Å². The van der Waals surface area contributed by atoms with E-state index in [0.717, 1.165) is 21.3 Å². The van der Waals surface area contributed by atoms with Crippen LogP contribution in [-0.2, 0) is 0 Å². The van der Waals surface area contributed by atoms with Gasteiger partial charge in [-0.25, -0.2) is 4.98 Å². The van der Waals surface area contributed by atoms with Crippen LogP contribution < -0.4 is 4.74 Å². The second-order valence-electron chi connectivity index (χ2n) is 5.66. The van der Waals surface area contributed by atoms with Gasteiger partial charge in [-0.3, -0.25) is 0 Å². The predicted molar refractivity (Wildman–Crippen MR) is 108 cm³/mol. The first kappa shape index (κ1) is 17.7. The van der Waals surface area contributed by atoms with Crippen molar-refractivity contribution in [2.45, 2.75) is 0 Å². The zero-order chi connectivity index (χ0) is 18.8. The number of hydrogen-bond donors (Lipinski definition) is 0. The average Bonchev–Trinajstić information content (AvgIpc) is 3.18. The average molecular weight is 443 g/mol. The van der Waals surface area contributed by atoms with Gasteiger partial charge in [0.05, 0.1) is 23.9 Å². The minimum Gasteiger partial charge on any atom is -0.480 e. The number of benzene rings is 2. The molecule has 7 heteroatoms. The van der Waals surface area contributed by atoms with Gasteiger partial charge >= 0.3 is 0 Å². The van der Waals surface area contributed by atoms with Crippen molar-refractivity contribution in [3.05, 3.63) is 70.2 Å². The summed E-state index contributed by atoms with van der Waals surface area (Å²) in [5.74, 6) is 1.25. The Bertz CT molecular complexity index is 1100. The molecule has 2 heterocycles. The molecule has 27 heavy (non-hydrogen) atoms. The molecule has 0 radical (unpaired) electrons. The van der Waals surface area contributed by atoms with E-state index in [-0.39, 0.29) is 0 Å². The highest BCUT2D eigenvalue weighted by Gasteiger charge is 2.17. The zero-order valence-electron chi connectivity index (χ0n) is 14.2. The van der Waals surface area contributed by atoms with E-state index in [9.17, 15) is 0 Å². The quantitative estimate of drug-likeness (QED) is 0.394. The van der Waals surface area contributed by atoms with Crippen molar-refractivity contribution in [3.8, 4) is 40.0 Å². The van der Waals surface area contributed by atoms with Gasteiger partial charge in [-0.05, 0) is 52.3 Å². The third kappa shape index (κ3) is 3.59. The van der Waals surface area contributed by atoms with Crippen molar-refractivity contribution in [1.29, 1.82) is 0 Å². The second-order valence-corrected chi connectivity index (χ2v) is 6.95. The molecule has 0 saturated heterocycles. The summed E-state index contributed by atoms with van der Waals surface area (Å²) in [6.07, 6.45) is 0. The van der Waals surface area contributed by atoms with E-state index in [1.807, 2.05) is 60.7 Å². The summed E-state index contributed by atoms with van der Waals surface area (Å²) in [7, 11) is 1.56. The molecule has 2 aromatic carbocycles. The number of methoxy groups -OCH3 is 1. The fraction of sp³-hybridized carbons (Fsp3) is 0.0500. The summed E-state index contributed by atoms with van der Waals surface area (Å²) in [4.78, 5) is 9.06. The topological polar surface area (TPSA) is 61.0 Å². The Morgan fingerprint density at radius 2 is 1.70 bits per heavy atom. The minimum absolute atomic E-state index is 0.410. The predicted octanol–water partition coefficient (Wildman–Crippen LogP) is 5.89. The molecular weight excluding hydrogens is 430 g/mol. The maximum absolute atomic E-state index is 5.95. The van der Waals surface area contributed by atoms with Gasteiger partial charge < -0.3 is 9.26 Å². The molecule has 0 bridgehead atoms. The van der Waals surface area contributed by atoms with Gasteiger partial charge in [0.15, 0.2) is 0 Å². The van der Waals surface area contributed by atoms with Crippen LogP contribution in [0, 0.1) is 0 Å². The van der Waals surface area contributed by atoms with Gasteiger partial charge in [0, 0.05) is 15.1 Å². The van der Waals surface area contributed by atoms with Gasteiger partial charge in [0.25, 0.3) is 5.89 Å². The molecule has 0 atom stereocenters. The number of rotatable bonds is 4. The van der Waals surface area contributed by atoms with Crippen LogP contribution >= 0.6 is 27.5 Å². The molecule has 0 aliphatic heterocycles. The number of ether oxygens (including phenoxy) is 1. The smallest absolute Gasteiger partial charge is 0.259 e. The summed E-state index contributed by atoms with van der Waals surface area (Å²) >= 11 is 9.44. The van der Waals surface area contributed by atoms with E-state index < -0.39 is 0 Å². The molecule has 2 aromatic heterocycles. The normalized spacial score (nSPS) is 10.8. The molecule has 0 aliphatic carbocycles. The first-order valence-corrected chi connectivity index (χ1v) is 9.23. The number of halogens is 2. The molecule has 0 fully saturated rings. The van der Waals surface area contributed by atoms with Crippen molar-refractivity contribution < 1.29 is 9.26 Å². The Balaban J connectivity index is 1.72. The maximum Gasteiger partial charge on any atom is 0.259 e.